The number of rotatable bonds is 1. The van der Waals surface area contributed by atoms with E-state index in [1.807, 2.05) is 0 Å². The van der Waals surface area contributed by atoms with Crippen LogP contribution in [0.1, 0.15) is 32.3 Å². The third-order valence-corrected chi connectivity index (χ3v) is 3.37. The summed E-state index contributed by atoms with van der Waals surface area (Å²) >= 11 is 5.74. The second-order valence-electron chi connectivity index (χ2n) is 5.28. The molecular formula is C12H15ClFN. The first kappa shape index (κ1) is 10.9. The highest BCUT2D eigenvalue weighted by Gasteiger charge is 2.48. The Morgan fingerprint density at radius 1 is 1.33 bits per heavy atom. The molecule has 0 aromatic heterocycles. The van der Waals surface area contributed by atoms with Crippen molar-refractivity contribution in [3.8, 4) is 0 Å². The van der Waals surface area contributed by atoms with Crippen LogP contribution in [-0.4, -0.2) is 0 Å². The van der Waals surface area contributed by atoms with Gasteiger partial charge >= 0.3 is 0 Å². The SMILES string of the molecule is CC1(C)CC(N)(c2cccc(Cl)c2F)C1. The molecule has 0 atom stereocenters. The zero-order valence-electron chi connectivity index (χ0n) is 8.98. The van der Waals surface area contributed by atoms with E-state index >= 15 is 0 Å². The summed E-state index contributed by atoms with van der Waals surface area (Å²) in [6, 6.07) is 5.03. The van der Waals surface area contributed by atoms with E-state index in [2.05, 4.69) is 13.8 Å². The van der Waals surface area contributed by atoms with E-state index in [0.717, 1.165) is 12.8 Å². The lowest BCUT2D eigenvalue weighted by Gasteiger charge is -2.51. The van der Waals surface area contributed by atoms with E-state index in [1.54, 1.807) is 18.2 Å². The van der Waals surface area contributed by atoms with Crippen LogP contribution in [0.15, 0.2) is 18.2 Å². The molecule has 0 heterocycles. The molecule has 0 bridgehead atoms. The van der Waals surface area contributed by atoms with Gasteiger partial charge in [-0.25, -0.2) is 4.39 Å². The first-order valence-electron chi connectivity index (χ1n) is 5.07. The first-order chi connectivity index (χ1) is 6.84. The Morgan fingerprint density at radius 3 is 2.47 bits per heavy atom. The van der Waals surface area contributed by atoms with Gasteiger partial charge in [0.1, 0.15) is 5.82 Å². The number of benzene rings is 1. The molecule has 1 fully saturated rings. The zero-order valence-corrected chi connectivity index (χ0v) is 9.74. The Labute approximate surface area is 94.4 Å². The van der Waals surface area contributed by atoms with Crippen LogP contribution in [-0.2, 0) is 5.54 Å². The van der Waals surface area contributed by atoms with Gasteiger partial charge in [0.15, 0.2) is 0 Å². The van der Waals surface area contributed by atoms with E-state index in [4.69, 9.17) is 17.3 Å². The Hall–Kier alpha value is -0.600. The lowest BCUT2D eigenvalue weighted by molar-refractivity contribution is 0.0590. The summed E-state index contributed by atoms with van der Waals surface area (Å²) in [5.41, 5.74) is 6.40. The molecule has 2 N–H and O–H groups in total. The van der Waals surface area contributed by atoms with Crippen LogP contribution < -0.4 is 5.73 Å². The van der Waals surface area contributed by atoms with Crippen LogP contribution in [0, 0.1) is 11.2 Å². The summed E-state index contributed by atoms with van der Waals surface area (Å²) in [5, 5.41) is 0.155. The van der Waals surface area contributed by atoms with E-state index in [-0.39, 0.29) is 16.3 Å². The summed E-state index contributed by atoms with van der Waals surface area (Å²) in [6.45, 7) is 4.28. The van der Waals surface area contributed by atoms with Crippen molar-refractivity contribution < 1.29 is 4.39 Å². The maximum Gasteiger partial charge on any atom is 0.146 e. The molecule has 0 spiro atoms. The van der Waals surface area contributed by atoms with Gasteiger partial charge in [0.05, 0.1) is 5.02 Å². The molecule has 0 saturated heterocycles. The van der Waals surface area contributed by atoms with Crippen LogP contribution >= 0.6 is 11.6 Å². The maximum absolute atomic E-state index is 13.8. The van der Waals surface area contributed by atoms with Gasteiger partial charge in [-0.05, 0) is 24.3 Å². The first-order valence-corrected chi connectivity index (χ1v) is 5.45. The monoisotopic (exact) mass is 227 g/mol. The number of hydrogen-bond donors (Lipinski definition) is 1. The smallest absolute Gasteiger partial charge is 0.146 e. The van der Waals surface area contributed by atoms with E-state index in [1.165, 1.54) is 0 Å². The topological polar surface area (TPSA) is 26.0 Å². The minimum atomic E-state index is -0.529. The van der Waals surface area contributed by atoms with Gasteiger partial charge in [-0.2, -0.15) is 0 Å². The molecule has 15 heavy (non-hydrogen) atoms. The highest BCUT2D eigenvalue weighted by molar-refractivity contribution is 6.30. The lowest BCUT2D eigenvalue weighted by Crippen LogP contribution is -2.53. The molecule has 1 aromatic rings. The van der Waals surface area contributed by atoms with E-state index < -0.39 is 5.54 Å². The molecule has 0 unspecified atom stereocenters. The summed E-state index contributed by atoms with van der Waals surface area (Å²) in [7, 11) is 0. The van der Waals surface area contributed by atoms with Crippen molar-refractivity contribution in [2.75, 3.05) is 0 Å². The fourth-order valence-electron chi connectivity index (χ4n) is 2.73. The quantitative estimate of drug-likeness (QED) is 0.782. The molecule has 0 aliphatic heterocycles. The molecule has 1 aromatic carbocycles. The van der Waals surface area contributed by atoms with Crippen LogP contribution in [0.25, 0.3) is 0 Å². The second-order valence-corrected chi connectivity index (χ2v) is 5.68. The largest absolute Gasteiger partial charge is 0.321 e. The standard InChI is InChI=1S/C12H15ClFN/c1-11(2)6-12(15,7-11)8-4-3-5-9(13)10(8)14/h3-5H,6-7,15H2,1-2H3. The van der Waals surface area contributed by atoms with Gasteiger partial charge in [-0.15, -0.1) is 0 Å². The molecule has 1 aliphatic carbocycles. The molecular weight excluding hydrogens is 213 g/mol. The summed E-state index contributed by atoms with van der Waals surface area (Å²) in [4.78, 5) is 0. The average Bonchev–Trinajstić information content (AvgIpc) is 2.05. The molecule has 82 valence electrons. The molecule has 0 radical (unpaired) electrons. The Morgan fingerprint density at radius 2 is 1.93 bits per heavy atom. The fraction of sp³-hybridized carbons (Fsp3) is 0.500. The van der Waals surface area contributed by atoms with Crippen molar-refractivity contribution in [2.24, 2.45) is 11.1 Å². The van der Waals surface area contributed by atoms with Crippen molar-refractivity contribution in [1.29, 1.82) is 0 Å². The molecule has 1 saturated carbocycles. The summed E-state index contributed by atoms with van der Waals surface area (Å²) in [6.07, 6.45) is 1.61. The Kier molecular flexibility index (Phi) is 2.32. The highest BCUT2D eigenvalue weighted by Crippen LogP contribution is 2.52. The van der Waals surface area contributed by atoms with Gasteiger partial charge < -0.3 is 5.73 Å². The van der Waals surface area contributed by atoms with Gasteiger partial charge in [0.2, 0.25) is 0 Å². The Balaban J connectivity index is 2.36. The number of nitrogens with two attached hydrogens (primary N) is 1. The highest BCUT2D eigenvalue weighted by atomic mass is 35.5. The van der Waals surface area contributed by atoms with Gasteiger partial charge in [-0.3, -0.25) is 0 Å². The second kappa shape index (κ2) is 3.19. The minimum Gasteiger partial charge on any atom is -0.321 e. The van der Waals surface area contributed by atoms with Crippen molar-refractivity contribution in [1.82, 2.24) is 0 Å². The van der Waals surface area contributed by atoms with E-state index in [9.17, 15) is 4.39 Å². The summed E-state index contributed by atoms with van der Waals surface area (Å²) < 4.78 is 13.8. The van der Waals surface area contributed by atoms with Crippen LogP contribution in [0.5, 0.6) is 0 Å². The van der Waals surface area contributed by atoms with E-state index in [0.29, 0.717) is 5.56 Å². The van der Waals surface area contributed by atoms with Crippen molar-refractivity contribution >= 4 is 11.6 Å². The lowest BCUT2D eigenvalue weighted by atomic mass is 9.57. The van der Waals surface area contributed by atoms with Gasteiger partial charge in [0, 0.05) is 11.1 Å². The predicted octanol–water partition coefficient (Wildman–Crippen LogP) is 3.45. The molecule has 1 nitrogen and oxygen atoms in total. The van der Waals surface area contributed by atoms with Crippen LogP contribution in [0.4, 0.5) is 4.39 Å². The van der Waals surface area contributed by atoms with Crippen molar-refractivity contribution in [2.45, 2.75) is 32.2 Å². The molecule has 0 amide bonds. The van der Waals surface area contributed by atoms with Crippen molar-refractivity contribution in [3.05, 3.63) is 34.6 Å². The summed E-state index contributed by atoms with van der Waals surface area (Å²) in [5.74, 6) is -0.364. The predicted molar refractivity (Wildman–Crippen MR) is 60.3 cm³/mol. The number of hydrogen-bond acceptors (Lipinski definition) is 1. The molecule has 1 aliphatic rings. The Bertz CT molecular complexity index is 393. The fourth-order valence-corrected chi connectivity index (χ4v) is 2.91. The zero-order chi connectivity index (χ0) is 11.3. The van der Waals surface area contributed by atoms with Crippen LogP contribution in [0.2, 0.25) is 5.02 Å². The van der Waals surface area contributed by atoms with Crippen molar-refractivity contribution in [3.63, 3.8) is 0 Å². The minimum absolute atomic E-state index is 0.155. The van der Waals surface area contributed by atoms with Gasteiger partial charge in [0.25, 0.3) is 0 Å². The third kappa shape index (κ3) is 1.77. The number of halogens is 2. The maximum atomic E-state index is 13.8. The molecule has 3 heteroatoms. The van der Waals surface area contributed by atoms with Crippen LogP contribution in [0.3, 0.4) is 0 Å². The molecule has 2 rings (SSSR count). The average molecular weight is 228 g/mol. The normalized spacial score (nSPS) is 22.2. The van der Waals surface area contributed by atoms with Gasteiger partial charge in [-0.1, -0.05) is 37.6 Å². The third-order valence-electron chi connectivity index (χ3n) is 3.08.